The predicted octanol–water partition coefficient (Wildman–Crippen LogP) is 2.34. The van der Waals surface area contributed by atoms with Crippen LogP contribution in [0.3, 0.4) is 0 Å². The van der Waals surface area contributed by atoms with Gasteiger partial charge in [0.1, 0.15) is 5.75 Å². The van der Waals surface area contributed by atoms with Gasteiger partial charge in [-0.15, -0.1) is 0 Å². The number of benzene rings is 1. The van der Waals surface area contributed by atoms with Crippen LogP contribution in [0.25, 0.3) is 0 Å². The first kappa shape index (κ1) is 9.53. The monoisotopic (exact) mass is 191 g/mol. The Morgan fingerprint density at radius 1 is 1.43 bits per heavy atom. The molecule has 2 rings (SSSR count). The molecular weight excluding hydrogens is 174 g/mol. The third-order valence-corrected chi connectivity index (χ3v) is 2.79. The lowest BCUT2D eigenvalue weighted by Crippen LogP contribution is -2.12. The zero-order valence-electron chi connectivity index (χ0n) is 8.84. The lowest BCUT2D eigenvalue weighted by atomic mass is 9.96. The minimum absolute atomic E-state index is 0.113. The van der Waals surface area contributed by atoms with E-state index in [1.807, 2.05) is 6.92 Å². The second-order valence-corrected chi connectivity index (χ2v) is 4.06. The normalized spacial score (nSPS) is 17.1. The standard InChI is InChI=1S/C12H17NO/c1-8-6-12-10(4-3-5-14-12)7-11(8)9(2)13/h6-7,9H,3-5,13H2,1-2H3. The zero-order chi connectivity index (χ0) is 10.1. The average Bonchev–Trinajstić information content (AvgIpc) is 2.16. The van der Waals surface area contributed by atoms with E-state index in [4.69, 9.17) is 10.5 Å². The van der Waals surface area contributed by atoms with Crippen LogP contribution in [0.1, 0.15) is 36.1 Å². The van der Waals surface area contributed by atoms with Crippen molar-refractivity contribution < 1.29 is 4.74 Å². The lowest BCUT2D eigenvalue weighted by Gasteiger charge is -2.20. The summed E-state index contributed by atoms with van der Waals surface area (Å²) < 4.78 is 5.60. The molecule has 0 bridgehead atoms. The van der Waals surface area contributed by atoms with Crippen LogP contribution in [0.15, 0.2) is 12.1 Å². The molecule has 0 aliphatic carbocycles. The first-order valence-corrected chi connectivity index (χ1v) is 5.20. The average molecular weight is 191 g/mol. The number of aryl methyl sites for hydroxylation is 2. The summed E-state index contributed by atoms with van der Waals surface area (Å²) >= 11 is 0. The van der Waals surface area contributed by atoms with Crippen LogP contribution in [0.5, 0.6) is 5.75 Å². The first-order chi connectivity index (χ1) is 6.68. The van der Waals surface area contributed by atoms with Crippen LogP contribution < -0.4 is 10.5 Å². The molecule has 76 valence electrons. The molecule has 1 aliphatic rings. The fourth-order valence-corrected chi connectivity index (χ4v) is 2.01. The molecule has 2 N–H and O–H groups in total. The van der Waals surface area contributed by atoms with Gasteiger partial charge in [0.15, 0.2) is 0 Å². The van der Waals surface area contributed by atoms with Crippen molar-refractivity contribution in [1.82, 2.24) is 0 Å². The summed E-state index contributed by atoms with van der Waals surface area (Å²) in [6.07, 6.45) is 2.24. The van der Waals surface area contributed by atoms with E-state index in [0.717, 1.165) is 25.2 Å². The minimum Gasteiger partial charge on any atom is -0.493 e. The summed E-state index contributed by atoms with van der Waals surface area (Å²) in [5.41, 5.74) is 9.70. The number of nitrogens with two attached hydrogens (primary N) is 1. The number of ether oxygens (including phenoxy) is 1. The summed E-state index contributed by atoms with van der Waals surface area (Å²) in [6.45, 7) is 4.97. The van der Waals surface area contributed by atoms with Gasteiger partial charge in [-0.05, 0) is 49.4 Å². The summed E-state index contributed by atoms with van der Waals surface area (Å²) in [5.74, 6) is 1.05. The van der Waals surface area contributed by atoms with Crippen molar-refractivity contribution in [1.29, 1.82) is 0 Å². The maximum Gasteiger partial charge on any atom is 0.122 e. The van der Waals surface area contributed by atoms with Gasteiger partial charge >= 0.3 is 0 Å². The Hall–Kier alpha value is -1.02. The predicted molar refractivity (Wildman–Crippen MR) is 57.6 cm³/mol. The van der Waals surface area contributed by atoms with Crippen molar-refractivity contribution in [2.24, 2.45) is 5.73 Å². The minimum atomic E-state index is 0.113. The highest BCUT2D eigenvalue weighted by atomic mass is 16.5. The molecule has 1 aliphatic heterocycles. The molecule has 0 radical (unpaired) electrons. The van der Waals surface area contributed by atoms with Crippen LogP contribution in [-0.2, 0) is 6.42 Å². The SMILES string of the molecule is Cc1cc2c(cc1C(C)N)CCCO2. The van der Waals surface area contributed by atoms with Gasteiger partial charge in [-0.25, -0.2) is 0 Å². The van der Waals surface area contributed by atoms with Crippen molar-refractivity contribution in [3.8, 4) is 5.75 Å². The molecule has 0 saturated carbocycles. The molecule has 1 unspecified atom stereocenters. The topological polar surface area (TPSA) is 35.2 Å². The quantitative estimate of drug-likeness (QED) is 0.739. The fraction of sp³-hybridized carbons (Fsp3) is 0.500. The first-order valence-electron chi connectivity index (χ1n) is 5.20. The molecule has 0 amide bonds. The van der Waals surface area contributed by atoms with Gasteiger partial charge in [0.2, 0.25) is 0 Å². The molecule has 14 heavy (non-hydrogen) atoms. The molecule has 2 nitrogen and oxygen atoms in total. The number of rotatable bonds is 1. The van der Waals surface area contributed by atoms with E-state index in [0.29, 0.717) is 0 Å². The van der Waals surface area contributed by atoms with Crippen LogP contribution in [0.2, 0.25) is 0 Å². The molecule has 1 heterocycles. The van der Waals surface area contributed by atoms with Crippen molar-refractivity contribution in [3.63, 3.8) is 0 Å². The van der Waals surface area contributed by atoms with Gasteiger partial charge in [0, 0.05) is 6.04 Å². The molecule has 1 atom stereocenters. The van der Waals surface area contributed by atoms with E-state index in [1.54, 1.807) is 0 Å². The smallest absolute Gasteiger partial charge is 0.122 e. The van der Waals surface area contributed by atoms with Gasteiger partial charge in [0.05, 0.1) is 6.61 Å². The Morgan fingerprint density at radius 2 is 2.21 bits per heavy atom. The molecule has 0 saturated heterocycles. The van der Waals surface area contributed by atoms with E-state index < -0.39 is 0 Å². The molecule has 2 heteroatoms. The Morgan fingerprint density at radius 3 is 2.93 bits per heavy atom. The Kier molecular flexibility index (Phi) is 2.46. The largest absolute Gasteiger partial charge is 0.493 e. The summed E-state index contributed by atoms with van der Waals surface area (Å²) in [5, 5.41) is 0. The van der Waals surface area contributed by atoms with Crippen molar-refractivity contribution in [2.75, 3.05) is 6.61 Å². The third-order valence-electron chi connectivity index (χ3n) is 2.79. The van der Waals surface area contributed by atoms with Crippen molar-refractivity contribution >= 4 is 0 Å². The van der Waals surface area contributed by atoms with E-state index in [1.165, 1.54) is 16.7 Å². The van der Waals surface area contributed by atoms with Crippen LogP contribution in [-0.4, -0.2) is 6.61 Å². The maximum atomic E-state index is 5.91. The number of fused-ring (bicyclic) bond motifs is 1. The summed E-state index contributed by atoms with van der Waals surface area (Å²) in [4.78, 5) is 0. The van der Waals surface area contributed by atoms with Gasteiger partial charge < -0.3 is 10.5 Å². The molecule has 0 aromatic heterocycles. The highest BCUT2D eigenvalue weighted by Gasteiger charge is 2.14. The molecule has 1 aromatic carbocycles. The summed E-state index contributed by atoms with van der Waals surface area (Å²) in [6, 6.07) is 4.43. The van der Waals surface area contributed by atoms with Crippen molar-refractivity contribution in [2.45, 2.75) is 32.7 Å². The molecular formula is C12H17NO. The van der Waals surface area contributed by atoms with Crippen LogP contribution in [0.4, 0.5) is 0 Å². The van der Waals surface area contributed by atoms with Crippen LogP contribution in [0, 0.1) is 6.92 Å². The third kappa shape index (κ3) is 1.62. The number of hydrogen-bond acceptors (Lipinski definition) is 2. The van der Waals surface area contributed by atoms with Gasteiger partial charge in [-0.3, -0.25) is 0 Å². The van der Waals surface area contributed by atoms with Crippen LogP contribution >= 0.6 is 0 Å². The fourth-order valence-electron chi connectivity index (χ4n) is 2.01. The lowest BCUT2D eigenvalue weighted by molar-refractivity contribution is 0.288. The zero-order valence-corrected chi connectivity index (χ0v) is 8.84. The molecule has 1 aromatic rings. The van der Waals surface area contributed by atoms with E-state index in [2.05, 4.69) is 19.1 Å². The highest BCUT2D eigenvalue weighted by Crippen LogP contribution is 2.29. The van der Waals surface area contributed by atoms with Gasteiger partial charge in [-0.2, -0.15) is 0 Å². The van der Waals surface area contributed by atoms with Gasteiger partial charge in [0.25, 0.3) is 0 Å². The number of hydrogen-bond donors (Lipinski definition) is 1. The Bertz CT molecular complexity index is 344. The van der Waals surface area contributed by atoms with E-state index in [9.17, 15) is 0 Å². The highest BCUT2D eigenvalue weighted by molar-refractivity contribution is 5.44. The second kappa shape index (κ2) is 3.62. The van der Waals surface area contributed by atoms with Gasteiger partial charge in [-0.1, -0.05) is 6.07 Å². The van der Waals surface area contributed by atoms with Crippen molar-refractivity contribution in [3.05, 3.63) is 28.8 Å². The van der Waals surface area contributed by atoms with E-state index in [-0.39, 0.29) is 6.04 Å². The van der Waals surface area contributed by atoms with E-state index >= 15 is 0 Å². The Balaban J connectivity index is 2.45. The second-order valence-electron chi connectivity index (χ2n) is 4.06. The maximum absolute atomic E-state index is 5.91. The molecule has 0 fully saturated rings. The molecule has 0 spiro atoms. The summed E-state index contributed by atoms with van der Waals surface area (Å²) in [7, 11) is 0. The Labute approximate surface area is 85.1 Å².